The topological polar surface area (TPSA) is 70.1 Å². The van der Waals surface area contributed by atoms with Gasteiger partial charge in [-0.1, -0.05) is 31.2 Å². The molecule has 4 rings (SSSR count). The first-order valence-corrected chi connectivity index (χ1v) is 9.29. The van der Waals surface area contributed by atoms with E-state index in [0.29, 0.717) is 5.95 Å². The zero-order chi connectivity index (χ0) is 18.5. The summed E-state index contributed by atoms with van der Waals surface area (Å²) in [6.45, 7) is 5.70. The molecule has 1 aliphatic rings. The number of nitrogens with zero attached hydrogens (tertiary/aromatic N) is 6. The molecular formula is C20H23N7. The minimum Gasteiger partial charge on any atom is -0.353 e. The lowest BCUT2D eigenvalue weighted by Crippen LogP contribution is -2.47. The minimum atomic E-state index is 0.528. The molecule has 3 aromatic rings. The average molecular weight is 361 g/mol. The summed E-state index contributed by atoms with van der Waals surface area (Å²) >= 11 is 0. The van der Waals surface area contributed by atoms with Gasteiger partial charge in [-0.2, -0.15) is 10.1 Å². The Hall–Kier alpha value is -3.22. The Labute approximate surface area is 159 Å². The van der Waals surface area contributed by atoms with E-state index >= 15 is 0 Å². The molecule has 1 aromatic carbocycles. The normalized spacial score (nSPS) is 14.3. The van der Waals surface area contributed by atoms with Gasteiger partial charge in [0.2, 0.25) is 5.95 Å². The van der Waals surface area contributed by atoms with Crippen molar-refractivity contribution in [2.45, 2.75) is 13.3 Å². The maximum Gasteiger partial charge on any atom is 0.249 e. The van der Waals surface area contributed by atoms with Crippen LogP contribution in [0.15, 0.2) is 54.9 Å². The van der Waals surface area contributed by atoms with Gasteiger partial charge >= 0.3 is 0 Å². The van der Waals surface area contributed by atoms with Crippen molar-refractivity contribution in [3.8, 4) is 0 Å². The molecule has 1 fully saturated rings. The van der Waals surface area contributed by atoms with Crippen LogP contribution in [0.1, 0.15) is 12.5 Å². The monoisotopic (exact) mass is 361 g/mol. The van der Waals surface area contributed by atoms with Crippen LogP contribution in [0.3, 0.4) is 0 Å². The molecule has 0 radical (unpaired) electrons. The molecule has 2 aromatic heterocycles. The summed E-state index contributed by atoms with van der Waals surface area (Å²) in [4.78, 5) is 13.6. The molecule has 3 heterocycles. The average Bonchev–Trinajstić information content (AvgIpc) is 2.75. The van der Waals surface area contributed by atoms with Crippen molar-refractivity contribution in [1.82, 2.24) is 20.2 Å². The molecule has 27 heavy (non-hydrogen) atoms. The lowest BCUT2D eigenvalue weighted by Gasteiger charge is -2.35. The van der Waals surface area contributed by atoms with E-state index in [-0.39, 0.29) is 0 Å². The Kier molecular flexibility index (Phi) is 5.09. The third-order valence-corrected chi connectivity index (χ3v) is 4.77. The SMILES string of the molecule is CCc1ccccc1Nc1nncc(N2CCN(c3ccccn3)CC2)n1. The van der Waals surface area contributed by atoms with Gasteiger partial charge in [-0.15, -0.1) is 5.10 Å². The third kappa shape index (κ3) is 3.97. The van der Waals surface area contributed by atoms with Crippen molar-refractivity contribution in [1.29, 1.82) is 0 Å². The van der Waals surface area contributed by atoms with Crippen LogP contribution in [0.4, 0.5) is 23.3 Å². The highest BCUT2D eigenvalue weighted by Crippen LogP contribution is 2.21. The molecule has 0 aliphatic carbocycles. The molecule has 0 atom stereocenters. The largest absolute Gasteiger partial charge is 0.353 e. The van der Waals surface area contributed by atoms with Gasteiger partial charge in [-0.3, -0.25) is 0 Å². The lowest BCUT2D eigenvalue weighted by atomic mass is 10.1. The van der Waals surface area contributed by atoms with Crippen molar-refractivity contribution in [2.24, 2.45) is 0 Å². The fourth-order valence-electron chi connectivity index (χ4n) is 3.28. The quantitative estimate of drug-likeness (QED) is 0.749. The van der Waals surface area contributed by atoms with Crippen LogP contribution in [-0.2, 0) is 6.42 Å². The van der Waals surface area contributed by atoms with Crippen molar-refractivity contribution >= 4 is 23.3 Å². The Bertz CT molecular complexity index is 876. The number of benzene rings is 1. The van der Waals surface area contributed by atoms with Gasteiger partial charge in [0.15, 0.2) is 5.82 Å². The van der Waals surface area contributed by atoms with Gasteiger partial charge < -0.3 is 15.1 Å². The van der Waals surface area contributed by atoms with Gasteiger partial charge in [0.05, 0.1) is 6.20 Å². The Morgan fingerprint density at radius 2 is 1.67 bits per heavy atom. The predicted molar refractivity (Wildman–Crippen MR) is 108 cm³/mol. The summed E-state index contributed by atoms with van der Waals surface area (Å²) < 4.78 is 0. The molecule has 1 aliphatic heterocycles. The standard InChI is InChI=1S/C20H23N7/c1-2-16-7-3-4-8-17(16)23-20-24-19(15-22-25-20)27-13-11-26(12-14-27)18-9-5-6-10-21-18/h3-10,15H,2,11-14H2,1H3,(H,23,24,25). The molecule has 1 N–H and O–H groups in total. The summed E-state index contributed by atoms with van der Waals surface area (Å²) in [6.07, 6.45) is 4.52. The maximum atomic E-state index is 4.67. The smallest absolute Gasteiger partial charge is 0.249 e. The van der Waals surface area contributed by atoms with Crippen LogP contribution >= 0.6 is 0 Å². The van der Waals surface area contributed by atoms with Gasteiger partial charge in [-0.25, -0.2) is 4.98 Å². The zero-order valence-electron chi connectivity index (χ0n) is 15.4. The first kappa shape index (κ1) is 17.2. The second kappa shape index (κ2) is 7.99. The van der Waals surface area contributed by atoms with Crippen molar-refractivity contribution in [3.05, 3.63) is 60.4 Å². The molecule has 0 amide bonds. The fourth-order valence-corrected chi connectivity index (χ4v) is 3.28. The highest BCUT2D eigenvalue weighted by Gasteiger charge is 2.19. The van der Waals surface area contributed by atoms with E-state index in [9.17, 15) is 0 Å². The van der Waals surface area contributed by atoms with E-state index in [4.69, 9.17) is 0 Å². The maximum absolute atomic E-state index is 4.67. The number of hydrogen-bond donors (Lipinski definition) is 1. The van der Waals surface area contributed by atoms with E-state index in [1.54, 1.807) is 6.20 Å². The molecule has 0 unspecified atom stereocenters. The number of para-hydroxylation sites is 1. The zero-order valence-corrected chi connectivity index (χ0v) is 15.4. The van der Waals surface area contributed by atoms with E-state index in [2.05, 4.69) is 54.3 Å². The van der Waals surface area contributed by atoms with Crippen LogP contribution in [0, 0.1) is 0 Å². The van der Waals surface area contributed by atoms with Crippen molar-refractivity contribution < 1.29 is 0 Å². The molecule has 0 bridgehead atoms. The molecule has 1 saturated heterocycles. The van der Waals surface area contributed by atoms with Crippen LogP contribution < -0.4 is 15.1 Å². The molecule has 7 heteroatoms. The van der Waals surface area contributed by atoms with E-state index in [1.807, 2.05) is 36.5 Å². The number of anilines is 4. The number of pyridine rings is 1. The first-order chi connectivity index (χ1) is 13.3. The molecule has 7 nitrogen and oxygen atoms in total. The van der Waals surface area contributed by atoms with Crippen LogP contribution in [-0.4, -0.2) is 46.3 Å². The van der Waals surface area contributed by atoms with Gasteiger partial charge in [-0.05, 0) is 30.2 Å². The fraction of sp³-hybridized carbons (Fsp3) is 0.300. The second-order valence-electron chi connectivity index (χ2n) is 6.44. The molecule has 0 saturated carbocycles. The first-order valence-electron chi connectivity index (χ1n) is 9.29. The van der Waals surface area contributed by atoms with E-state index in [0.717, 1.165) is 49.9 Å². The summed E-state index contributed by atoms with van der Waals surface area (Å²) in [5.41, 5.74) is 2.26. The van der Waals surface area contributed by atoms with Crippen LogP contribution in [0.5, 0.6) is 0 Å². The summed E-state index contributed by atoms with van der Waals surface area (Å²) in [7, 11) is 0. The molecular weight excluding hydrogens is 338 g/mol. The number of aryl methyl sites for hydroxylation is 1. The number of piperazine rings is 1. The highest BCUT2D eigenvalue weighted by molar-refractivity contribution is 5.59. The van der Waals surface area contributed by atoms with E-state index in [1.165, 1.54) is 5.56 Å². The Balaban J connectivity index is 1.44. The number of nitrogens with one attached hydrogen (secondary N) is 1. The molecule has 138 valence electrons. The summed E-state index contributed by atoms with van der Waals surface area (Å²) in [6, 6.07) is 14.2. The lowest BCUT2D eigenvalue weighted by molar-refractivity contribution is 0.639. The third-order valence-electron chi connectivity index (χ3n) is 4.77. The summed E-state index contributed by atoms with van der Waals surface area (Å²) in [5, 5.41) is 11.6. The second-order valence-corrected chi connectivity index (χ2v) is 6.44. The van der Waals surface area contributed by atoms with Gasteiger partial charge in [0, 0.05) is 38.1 Å². The van der Waals surface area contributed by atoms with Crippen LogP contribution in [0.2, 0.25) is 0 Å². The highest BCUT2D eigenvalue weighted by atomic mass is 15.3. The van der Waals surface area contributed by atoms with E-state index < -0.39 is 0 Å². The Morgan fingerprint density at radius 3 is 2.41 bits per heavy atom. The van der Waals surface area contributed by atoms with Crippen molar-refractivity contribution in [3.63, 3.8) is 0 Å². The number of rotatable bonds is 5. The van der Waals surface area contributed by atoms with Crippen molar-refractivity contribution in [2.75, 3.05) is 41.3 Å². The number of aromatic nitrogens is 4. The summed E-state index contributed by atoms with van der Waals surface area (Å²) in [5.74, 6) is 2.40. The minimum absolute atomic E-state index is 0.528. The number of hydrogen-bond acceptors (Lipinski definition) is 7. The van der Waals surface area contributed by atoms with Crippen LogP contribution in [0.25, 0.3) is 0 Å². The predicted octanol–water partition coefficient (Wildman–Crippen LogP) is 2.90. The molecule has 0 spiro atoms. The van der Waals surface area contributed by atoms with Gasteiger partial charge in [0.1, 0.15) is 5.82 Å². The van der Waals surface area contributed by atoms with Gasteiger partial charge in [0.25, 0.3) is 0 Å². The Morgan fingerprint density at radius 1 is 0.926 bits per heavy atom.